The lowest BCUT2D eigenvalue weighted by atomic mass is 9.96. The number of hydrogen-bond acceptors (Lipinski definition) is 3. The summed E-state index contributed by atoms with van der Waals surface area (Å²) in [6, 6.07) is 0.0320. The first kappa shape index (κ1) is 11.0. The zero-order valence-corrected chi connectivity index (χ0v) is 9.82. The number of hydrogen-bond donors (Lipinski definition) is 0. The highest BCUT2D eigenvalue weighted by atomic mass is 16.5. The molecule has 2 rings (SSSR count). The summed E-state index contributed by atoms with van der Waals surface area (Å²) in [5.41, 5.74) is 2.06. The molecule has 2 aliphatic heterocycles. The third-order valence-electron chi connectivity index (χ3n) is 2.87. The minimum absolute atomic E-state index is 0.00130. The smallest absolute Gasteiger partial charge is 0.181 e. The minimum atomic E-state index is 0.00130. The van der Waals surface area contributed by atoms with Crippen LogP contribution in [0.5, 0.6) is 0 Å². The van der Waals surface area contributed by atoms with Crippen LogP contribution in [0.3, 0.4) is 0 Å². The van der Waals surface area contributed by atoms with E-state index in [1.807, 2.05) is 13.0 Å². The molecule has 0 aliphatic carbocycles. The van der Waals surface area contributed by atoms with Crippen LogP contribution in [0.15, 0.2) is 41.1 Å². The van der Waals surface area contributed by atoms with E-state index in [1.165, 1.54) is 0 Å². The summed E-state index contributed by atoms with van der Waals surface area (Å²) < 4.78 is 11.1. The molecule has 0 spiro atoms. The van der Waals surface area contributed by atoms with Crippen LogP contribution in [0.4, 0.5) is 0 Å². The van der Waals surface area contributed by atoms with Crippen LogP contribution < -0.4 is 0 Å². The molecule has 0 saturated carbocycles. The van der Waals surface area contributed by atoms with Crippen LogP contribution in [-0.4, -0.2) is 24.7 Å². The molecule has 3 nitrogen and oxygen atoms in total. The molecular formula is C13H17NO2. The fourth-order valence-corrected chi connectivity index (χ4v) is 1.91. The Kier molecular flexibility index (Phi) is 2.86. The highest BCUT2D eigenvalue weighted by molar-refractivity contribution is 5.76. The fourth-order valence-electron chi connectivity index (χ4n) is 1.91. The van der Waals surface area contributed by atoms with Gasteiger partial charge in [-0.15, -0.1) is 0 Å². The van der Waals surface area contributed by atoms with E-state index in [-0.39, 0.29) is 12.1 Å². The summed E-state index contributed by atoms with van der Waals surface area (Å²) in [4.78, 5) is 4.47. The topological polar surface area (TPSA) is 30.8 Å². The van der Waals surface area contributed by atoms with Gasteiger partial charge in [0.25, 0.3) is 0 Å². The van der Waals surface area contributed by atoms with Crippen molar-refractivity contribution in [2.75, 3.05) is 6.61 Å². The van der Waals surface area contributed by atoms with Gasteiger partial charge in [0.15, 0.2) is 12.0 Å². The fraction of sp³-hybridized carbons (Fsp3) is 0.462. The van der Waals surface area contributed by atoms with Gasteiger partial charge in [0.2, 0.25) is 0 Å². The van der Waals surface area contributed by atoms with E-state index >= 15 is 0 Å². The van der Waals surface area contributed by atoms with Crippen LogP contribution in [0.1, 0.15) is 20.3 Å². The Hall–Kier alpha value is -1.51. The van der Waals surface area contributed by atoms with Gasteiger partial charge in [0.1, 0.15) is 18.4 Å². The van der Waals surface area contributed by atoms with E-state index in [1.54, 1.807) is 0 Å². The first-order valence-corrected chi connectivity index (χ1v) is 5.54. The van der Waals surface area contributed by atoms with Gasteiger partial charge in [0, 0.05) is 12.5 Å². The highest BCUT2D eigenvalue weighted by Crippen LogP contribution is 2.32. The molecule has 1 fully saturated rings. The van der Waals surface area contributed by atoms with Crippen molar-refractivity contribution in [3.8, 4) is 0 Å². The Morgan fingerprint density at radius 2 is 2.38 bits per heavy atom. The van der Waals surface area contributed by atoms with Gasteiger partial charge < -0.3 is 9.47 Å². The van der Waals surface area contributed by atoms with Crippen LogP contribution >= 0.6 is 0 Å². The van der Waals surface area contributed by atoms with E-state index in [4.69, 9.17) is 9.47 Å². The van der Waals surface area contributed by atoms with Gasteiger partial charge in [-0.25, -0.2) is 4.99 Å². The number of aliphatic imine (C=N–C) groups is 1. The maximum atomic E-state index is 5.57. The molecule has 86 valence electrons. The van der Waals surface area contributed by atoms with E-state index in [2.05, 4.69) is 25.1 Å². The molecule has 0 aromatic rings. The molecule has 0 aromatic carbocycles. The second-order valence-electron chi connectivity index (χ2n) is 4.09. The third-order valence-corrected chi connectivity index (χ3v) is 2.87. The maximum Gasteiger partial charge on any atom is 0.181 e. The zero-order chi connectivity index (χ0) is 11.7. The van der Waals surface area contributed by atoms with Crippen molar-refractivity contribution in [1.82, 2.24) is 0 Å². The lowest BCUT2D eigenvalue weighted by molar-refractivity contribution is 0.0674. The van der Waals surface area contributed by atoms with E-state index < -0.39 is 0 Å². The Bertz CT molecular complexity index is 393. The summed E-state index contributed by atoms with van der Waals surface area (Å²) in [5.74, 6) is 1.42. The SMILES string of the molecule is C=C(/C=C1\C(=C)OC[C@H]2OC(C)=N[C@@H]12)CC. The van der Waals surface area contributed by atoms with Crippen molar-refractivity contribution in [3.63, 3.8) is 0 Å². The second kappa shape index (κ2) is 4.16. The minimum Gasteiger partial charge on any atom is -0.490 e. The molecular weight excluding hydrogens is 202 g/mol. The molecule has 2 heterocycles. The summed E-state index contributed by atoms with van der Waals surface area (Å²) in [6.07, 6.45) is 2.93. The van der Waals surface area contributed by atoms with Crippen LogP contribution in [-0.2, 0) is 9.47 Å². The zero-order valence-electron chi connectivity index (χ0n) is 9.82. The van der Waals surface area contributed by atoms with Gasteiger partial charge in [-0.05, 0) is 6.42 Å². The van der Waals surface area contributed by atoms with Gasteiger partial charge >= 0.3 is 0 Å². The van der Waals surface area contributed by atoms with Crippen molar-refractivity contribution in [2.24, 2.45) is 4.99 Å². The monoisotopic (exact) mass is 219 g/mol. The molecule has 0 unspecified atom stereocenters. The number of fused-ring (bicyclic) bond motifs is 1. The molecule has 0 N–H and O–H groups in total. The predicted molar refractivity (Wildman–Crippen MR) is 64.4 cm³/mol. The Balaban J connectivity index is 2.29. The van der Waals surface area contributed by atoms with E-state index in [0.717, 1.165) is 23.5 Å². The Morgan fingerprint density at radius 1 is 1.62 bits per heavy atom. The lowest BCUT2D eigenvalue weighted by Gasteiger charge is -2.28. The van der Waals surface area contributed by atoms with Crippen molar-refractivity contribution >= 4 is 5.90 Å². The number of allylic oxidation sites excluding steroid dienone is 2. The second-order valence-corrected chi connectivity index (χ2v) is 4.09. The summed E-state index contributed by atoms with van der Waals surface area (Å²) in [5, 5.41) is 0. The lowest BCUT2D eigenvalue weighted by Crippen LogP contribution is -2.34. The highest BCUT2D eigenvalue weighted by Gasteiger charge is 2.38. The molecule has 2 aliphatic rings. The van der Waals surface area contributed by atoms with Crippen LogP contribution in [0.2, 0.25) is 0 Å². The predicted octanol–water partition coefficient (Wildman–Crippen LogP) is 2.61. The molecule has 0 amide bonds. The molecule has 0 aromatic heterocycles. The molecule has 3 heteroatoms. The van der Waals surface area contributed by atoms with Crippen molar-refractivity contribution in [1.29, 1.82) is 0 Å². The quantitative estimate of drug-likeness (QED) is 0.714. The number of ether oxygens (including phenoxy) is 2. The Morgan fingerprint density at radius 3 is 3.06 bits per heavy atom. The van der Waals surface area contributed by atoms with E-state index in [9.17, 15) is 0 Å². The van der Waals surface area contributed by atoms with Crippen molar-refractivity contribution in [3.05, 3.63) is 36.1 Å². The molecule has 2 atom stereocenters. The Labute approximate surface area is 96.2 Å². The van der Waals surface area contributed by atoms with Crippen molar-refractivity contribution in [2.45, 2.75) is 32.4 Å². The molecule has 0 radical (unpaired) electrons. The molecule has 16 heavy (non-hydrogen) atoms. The summed E-state index contributed by atoms with van der Waals surface area (Å²) in [6.45, 7) is 12.4. The first-order valence-electron chi connectivity index (χ1n) is 5.54. The summed E-state index contributed by atoms with van der Waals surface area (Å²) in [7, 11) is 0. The normalized spacial score (nSPS) is 30.5. The number of nitrogens with zero attached hydrogens (tertiary/aromatic N) is 1. The first-order chi connectivity index (χ1) is 7.61. The van der Waals surface area contributed by atoms with E-state index in [0.29, 0.717) is 12.4 Å². The molecule has 0 bridgehead atoms. The summed E-state index contributed by atoms with van der Waals surface area (Å²) >= 11 is 0. The largest absolute Gasteiger partial charge is 0.490 e. The average Bonchev–Trinajstić information content (AvgIpc) is 2.63. The molecule has 1 saturated heterocycles. The van der Waals surface area contributed by atoms with Crippen LogP contribution in [0.25, 0.3) is 0 Å². The van der Waals surface area contributed by atoms with Gasteiger partial charge in [0.05, 0.1) is 0 Å². The van der Waals surface area contributed by atoms with Gasteiger partial charge in [-0.2, -0.15) is 0 Å². The average molecular weight is 219 g/mol. The number of rotatable bonds is 2. The third kappa shape index (κ3) is 1.90. The van der Waals surface area contributed by atoms with Gasteiger partial charge in [-0.3, -0.25) is 0 Å². The van der Waals surface area contributed by atoms with Gasteiger partial charge in [-0.1, -0.05) is 31.7 Å². The standard InChI is InChI=1S/C13H17NO2/c1-5-8(2)6-11-9(3)15-7-12-13(11)14-10(4)16-12/h6,12-13H,2-3,5,7H2,1,4H3/b11-6+/t12-,13+/m1/s1. The van der Waals surface area contributed by atoms with Crippen molar-refractivity contribution < 1.29 is 9.47 Å². The van der Waals surface area contributed by atoms with Crippen LogP contribution in [0, 0.1) is 0 Å². The maximum absolute atomic E-state index is 5.57.